The lowest BCUT2D eigenvalue weighted by Crippen LogP contribution is -2.28. The average molecular weight is 403 g/mol. The topological polar surface area (TPSA) is 75.0 Å². The number of hydrogen-bond donors (Lipinski definition) is 0. The molecule has 6 nitrogen and oxygen atoms in total. The molecular weight excluding hydrogens is 384 g/mol. The number of benzene rings is 2. The van der Waals surface area contributed by atoms with Crippen molar-refractivity contribution in [2.24, 2.45) is 0 Å². The van der Waals surface area contributed by atoms with Crippen LogP contribution in [0.3, 0.4) is 0 Å². The number of carbonyl (C=O) groups is 1. The van der Waals surface area contributed by atoms with E-state index in [4.69, 9.17) is 30.2 Å². The summed E-state index contributed by atoms with van der Waals surface area (Å²) in [5, 5.41) is 0.705. The summed E-state index contributed by atoms with van der Waals surface area (Å²) < 4.78 is 21.8. The molecule has 1 heterocycles. The van der Waals surface area contributed by atoms with Gasteiger partial charge >= 0.3 is 5.97 Å². The van der Waals surface area contributed by atoms with Crippen LogP contribution in [0, 0.1) is 0 Å². The summed E-state index contributed by atoms with van der Waals surface area (Å²) in [6.45, 7) is 3.83. The highest BCUT2D eigenvalue weighted by Gasteiger charge is 2.20. The van der Waals surface area contributed by atoms with E-state index in [1.54, 1.807) is 49.4 Å². The Bertz CT molecular complexity index is 1040. The Morgan fingerprint density at radius 2 is 1.93 bits per heavy atom. The Morgan fingerprint density at radius 1 is 1.14 bits per heavy atom. The van der Waals surface area contributed by atoms with Crippen LogP contribution in [0.4, 0.5) is 0 Å². The molecule has 7 heteroatoms. The Kier molecular flexibility index (Phi) is 6.21. The van der Waals surface area contributed by atoms with Crippen LogP contribution in [0.5, 0.6) is 17.2 Å². The molecule has 146 valence electrons. The Morgan fingerprint density at radius 3 is 2.64 bits per heavy atom. The molecule has 3 rings (SSSR count). The van der Waals surface area contributed by atoms with Crippen molar-refractivity contribution < 1.29 is 23.4 Å². The predicted octanol–water partition coefficient (Wildman–Crippen LogP) is 4.96. The number of fused-ring (bicyclic) bond motifs is 1. The summed E-state index contributed by atoms with van der Waals surface area (Å²) in [6, 6.07) is 11.5. The van der Waals surface area contributed by atoms with Gasteiger partial charge in [-0.2, -0.15) is 0 Å². The van der Waals surface area contributed by atoms with E-state index < -0.39 is 12.1 Å². The second-order valence-electron chi connectivity index (χ2n) is 5.89. The number of ether oxygens (including phenoxy) is 3. The van der Waals surface area contributed by atoms with Crippen molar-refractivity contribution in [3.8, 4) is 17.2 Å². The SMILES string of the molecule is CCOC(=O)C(CC)Oc1ccc2c(=O)c(Oc3ccccc3Cl)coc2c1. The van der Waals surface area contributed by atoms with Gasteiger partial charge in [0, 0.05) is 6.07 Å². The highest BCUT2D eigenvalue weighted by Crippen LogP contribution is 2.29. The number of halogens is 1. The minimum Gasteiger partial charge on any atom is -0.479 e. The molecule has 1 aromatic heterocycles. The molecule has 0 saturated carbocycles. The van der Waals surface area contributed by atoms with Gasteiger partial charge in [0.15, 0.2) is 6.10 Å². The lowest BCUT2D eigenvalue weighted by Gasteiger charge is -2.16. The molecule has 0 saturated heterocycles. The first-order valence-electron chi connectivity index (χ1n) is 8.84. The standard InChI is InChI=1S/C21H19ClO6/c1-3-16(21(24)25-4-2)27-13-9-10-14-18(11-13)26-12-19(20(14)23)28-17-8-6-5-7-15(17)22/h5-12,16H,3-4H2,1-2H3. The molecule has 2 aromatic carbocycles. The van der Waals surface area contributed by atoms with Gasteiger partial charge in [0.05, 0.1) is 17.0 Å². The summed E-state index contributed by atoms with van der Waals surface area (Å²) in [5.41, 5.74) is -0.0297. The largest absolute Gasteiger partial charge is 0.479 e. The van der Waals surface area contributed by atoms with Crippen molar-refractivity contribution in [3.05, 3.63) is 64.0 Å². The average Bonchev–Trinajstić information content (AvgIpc) is 2.70. The summed E-state index contributed by atoms with van der Waals surface area (Å²) in [6.07, 6.45) is 0.943. The van der Waals surface area contributed by atoms with E-state index in [0.29, 0.717) is 33.9 Å². The number of esters is 1. The zero-order chi connectivity index (χ0) is 20.1. The van der Waals surface area contributed by atoms with Gasteiger partial charge in [-0.3, -0.25) is 4.79 Å². The van der Waals surface area contributed by atoms with Crippen molar-refractivity contribution >= 4 is 28.5 Å². The molecule has 0 spiro atoms. The van der Waals surface area contributed by atoms with Crippen LogP contribution in [0.15, 0.2) is 57.9 Å². The van der Waals surface area contributed by atoms with E-state index in [0.717, 1.165) is 0 Å². The first-order chi connectivity index (χ1) is 13.5. The van der Waals surface area contributed by atoms with Crippen molar-refractivity contribution in [1.29, 1.82) is 0 Å². The summed E-state index contributed by atoms with van der Waals surface area (Å²) in [5.74, 6) is 0.341. The van der Waals surface area contributed by atoms with Gasteiger partial charge in [-0.05, 0) is 37.6 Å². The Labute approximate surface area is 166 Å². The van der Waals surface area contributed by atoms with Gasteiger partial charge in [-0.1, -0.05) is 30.7 Å². The fourth-order valence-corrected chi connectivity index (χ4v) is 2.75. The van der Waals surface area contributed by atoms with E-state index in [9.17, 15) is 9.59 Å². The number of hydrogen-bond acceptors (Lipinski definition) is 6. The van der Waals surface area contributed by atoms with Crippen LogP contribution in [-0.2, 0) is 9.53 Å². The maximum atomic E-state index is 12.7. The Hall–Kier alpha value is -2.99. The van der Waals surface area contributed by atoms with Gasteiger partial charge in [-0.15, -0.1) is 0 Å². The number of carbonyl (C=O) groups excluding carboxylic acids is 1. The zero-order valence-electron chi connectivity index (χ0n) is 15.4. The molecule has 3 aromatic rings. The van der Waals surface area contributed by atoms with E-state index in [2.05, 4.69) is 0 Å². The molecule has 1 atom stereocenters. The molecule has 0 bridgehead atoms. The second-order valence-corrected chi connectivity index (χ2v) is 6.29. The second kappa shape index (κ2) is 8.80. The molecule has 0 N–H and O–H groups in total. The molecular formula is C21H19ClO6. The van der Waals surface area contributed by atoms with Gasteiger partial charge in [0.2, 0.25) is 11.2 Å². The third kappa shape index (κ3) is 4.28. The molecule has 28 heavy (non-hydrogen) atoms. The quantitative estimate of drug-likeness (QED) is 0.520. The van der Waals surface area contributed by atoms with Crippen molar-refractivity contribution in [2.45, 2.75) is 26.4 Å². The minimum atomic E-state index is -0.730. The van der Waals surface area contributed by atoms with E-state index in [1.165, 1.54) is 6.26 Å². The third-order valence-corrected chi connectivity index (χ3v) is 4.28. The molecule has 0 amide bonds. The van der Waals surface area contributed by atoms with Gasteiger partial charge in [0.1, 0.15) is 23.3 Å². The highest BCUT2D eigenvalue weighted by molar-refractivity contribution is 6.32. The summed E-state index contributed by atoms with van der Waals surface area (Å²) in [4.78, 5) is 24.6. The first-order valence-corrected chi connectivity index (χ1v) is 9.22. The fraction of sp³-hybridized carbons (Fsp3) is 0.238. The van der Waals surface area contributed by atoms with Crippen LogP contribution in [0.2, 0.25) is 5.02 Å². The van der Waals surface area contributed by atoms with Crippen LogP contribution >= 0.6 is 11.6 Å². The van der Waals surface area contributed by atoms with Crippen LogP contribution in [0.25, 0.3) is 11.0 Å². The van der Waals surface area contributed by atoms with Crippen molar-refractivity contribution in [3.63, 3.8) is 0 Å². The lowest BCUT2D eigenvalue weighted by atomic mass is 10.2. The molecule has 0 radical (unpaired) electrons. The summed E-state index contributed by atoms with van der Waals surface area (Å²) in [7, 11) is 0. The van der Waals surface area contributed by atoms with Gasteiger partial charge < -0.3 is 18.6 Å². The lowest BCUT2D eigenvalue weighted by molar-refractivity contribution is -0.151. The zero-order valence-corrected chi connectivity index (χ0v) is 16.2. The first kappa shape index (κ1) is 19.8. The Balaban J connectivity index is 1.87. The predicted molar refractivity (Wildman–Crippen MR) is 105 cm³/mol. The maximum Gasteiger partial charge on any atom is 0.347 e. The van der Waals surface area contributed by atoms with E-state index in [-0.39, 0.29) is 17.8 Å². The fourth-order valence-electron chi connectivity index (χ4n) is 2.58. The molecule has 0 aliphatic carbocycles. The smallest absolute Gasteiger partial charge is 0.347 e. The maximum absolute atomic E-state index is 12.7. The molecule has 0 aliphatic heterocycles. The van der Waals surface area contributed by atoms with E-state index >= 15 is 0 Å². The summed E-state index contributed by atoms with van der Waals surface area (Å²) >= 11 is 6.06. The minimum absolute atomic E-state index is 0.0206. The molecule has 0 aliphatic rings. The van der Waals surface area contributed by atoms with Gasteiger partial charge in [-0.25, -0.2) is 4.79 Å². The molecule has 1 unspecified atom stereocenters. The van der Waals surface area contributed by atoms with Crippen LogP contribution in [-0.4, -0.2) is 18.7 Å². The highest BCUT2D eigenvalue weighted by atomic mass is 35.5. The van der Waals surface area contributed by atoms with Crippen molar-refractivity contribution in [1.82, 2.24) is 0 Å². The third-order valence-electron chi connectivity index (χ3n) is 3.97. The number of para-hydroxylation sites is 1. The number of rotatable bonds is 7. The molecule has 0 fully saturated rings. The van der Waals surface area contributed by atoms with Gasteiger partial charge in [0.25, 0.3) is 0 Å². The van der Waals surface area contributed by atoms with Crippen LogP contribution < -0.4 is 14.9 Å². The van der Waals surface area contributed by atoms with Crippen molar-refractivity contribution in [2.75, 3.05) is 6.61 Å². The normalized spacial score (nSPS) is 11.8. The van der Waals surface area contributed by atoms with Crippen LogP contribution in [0.1, 0.15) is 20.3 Å². The van der Waals surface area contributed by atoms with E-state index in [1.807, 2.05) is 6.92 Å². The monoisotopic (exact) mass is 402 g/mol.